The number of rotatable bonds is 5. The number of ketones is 1. The van der Waals surface area contributed by atoms with Crippen LogP contribution in [-0.4, -0.2) is 27.9 Å². The van der Waals surface area contributed by atoms with Crippen LogP contribution in [0.15, 0.2) is 48.8 Å². The summed E-state index contributed by atoms with van der Waals surface area (Å²) in [5.41, 5.74) is 7.14. The molecule has 1 atom stereocenters. The zero-order valence-corrected chi connectivity index (χ0v) is 10.7. The number of nitrogens with two attached hydrogens (primary N) is 1. The van der Waals surface area contributed by atoms with E-state index in [0.717, 1.165) is 0 Å². The molecule has 5 nitrogen and oxygen atoms in total. The Bertz CT molecular complexity index is 626. The average molecular weight is 270 g/mol. The molecule has 1 heterocycles. The molecule has 0 radical (unpaired) electrons. The number of nitrogens with zero attached hydrogens (tertiary/aromatic N) is 1. The third kappa shape index (κ3) is 3.07. The molecule has 0 bridgehead atoms. The molecule has 0 aliphatic carbocycles. The van der Waals surface area contributed by atoms with Gasteiger partial charge in [-0.2, -0.15) is 0 Å². The lowest BCUT2D eigenvalue weighted by molar-refractivity contribution is -0.138. The maximum atomic E-state index is 12.4. The summed E-state index contributed by atoms with van der Waals surface area (Å²) in [7, 11) is 0. The van der Waals surface area contributed by atoms with E-state index in [1.54, 1.807) is 48.8 Å². The fraction of sp³-hybridized carbons (Fsp3) is 0.133. The summed E-state index contributed by atoms with van der Waals surface area (Å²) in [6.07, 6.45) is 3.19. The molecule has 0 unspecified atom stereocenters. The minimum atomic E-state index is -1.09. The van der Waals surface area contributed by atoms with E-state index in [2.05, 4.69) is 4.98 Å². The lowest BCUT2D eigenvalue weighted by atomic mass is 9.95. The zero-order chi connectivity index (χ0) is 14.5. The Labute approximate surface area is 116 Å². The van der Waals surface area contributed by atoms with Gasteiger partial charge >= 0.3 is 5.97 Å². The highest BCUT2D eigenvalue weighted by atomic mass is 16.4. The molecule has 5 heteroatoms. The van der Waals surface area contributed by atoms with Gasteiger partial charge in [-0.05, 0) is 24.1 Å². The lowest BCUT2D eigenvalue weighted by Gasteiger charge is -2.11. The zero-order valence-electron chi connectivity index (χ0n) is 10.7. The Morgan fingerprint density at radius 2 is 1.80 bits per heavy atom. The molecule has 0 aliphatic heterocycles. The number of aromatic nitrogens is 1. The second-order valence-corrected chi connectivity index (χ2v) is 4.37. The predicted molar refractivity (Wildman–Crippen MR) is 73.4 cm³/mol. The third-order valence-electron chi connectivity index (χ3n) is 2.96. The summed E-state index contributed by atoms with van der Waals surface area (Å²) in [5.74, 6) is -1.25. The summed E-state index contributed by atoms with van der Waals surface area (Å²) in [6, 6.07) is 9.11. The van der Waals surface area contributed by atoms with Gasteiger partial charge in [0.1, 0.15) is 6.04 Å². The van der Waals surface area contributed by atoms with Gasteiger partial charge in [-0.15, -0.1) is 0 Å². The molecule has 0 saturated heterocycles. The number of pyridine rings is 1. The number of carbonyl (C=O) groups is 2. The molecule has 0 fully saturated rings. The highest BCUT2D eigenvalue weighted by Crippen LogP contribution is 2.15. The van der Waals surface area contributed by atoms with Crippen molar-refractivity contribution in [1.29, 1.82) is 0 Å². The van der Waals surface area contributed by atoms with Crippen LogP contribution in [-0.2, 0) is 11.2 Å². The molecule has 20 heavy (non-hydrogen) atoms. The first-order valence-electron chi connectivity index (χ1n) is 6.10. The van der Waals surface area contributed by atoms with Crippen LogP contribution >= 0.6 is 0 Å². The predicted octanol–water partition coefficient (Wildman–Crippen LogP) is 1.27. The summed E-state index contributed by atoms with van der Waals surface area (Å²) in [4.78, 5) is 27.1. The van der Waals surface area contributed by atoms with E-state index in [1.165, 1.54) is 0 Å². The van der Waals surface area contributed by atoms with Crippen molar-refractivity contribution in [3.05, 3.63) is 65.5 Å². The minimum absolute atomic E-state index is 0.113. The molecular weight excluding hydrogens is 256 g/mol. The van der Waals surface area contributed by atoms with Crippen LogP contribution in [0.4, 0.5) is 0 Å². The molecule has 102 valence electrons. The lowest BCUT2D eigenvalue weighted by Crippen LogP contribution is -2.32. The summed E-state index contributed by atoms with van der Waals surface area (Å²) in [5, 5.41) is 8.87. The number of benzene rings is 1. The van der Waals surface area contributed by atoms with Crippen molar-refractivity contribution < 1.29 is 14.7 Å². The topological polar surface area (TPSA) is 93.3 Å². The van der Waals surface area contributed by atoms with Crippen LogP contribution < -0.4 is 5.73 Å². The maximum absolute atomic E-state index is 12.4. The van der Waals surface area contributed by atoms with Crippen LogP contribution in [0, 0.1) is 0 Å². The van der Waals surface area contributed by atoms with E-state index < -0.39 is 12.0 Å². The first-order chi connectivity index (χ1) is 9.59. The quantitative estimate of drug-likeness (QED) is 0.798. The van der Waals surface area contributed by atoms with Crippen LogP contribution in [0.2, 0.25) is 0 Å². The van der Waals surface area contributed by atoms with Gasteiger partial charge in [0.2, 0.25) is 0 Å². The Balaban J connectivity index is 2.33. The average Bonchev–Trinajstić information content (AvgIpc) is 2.48. The SMILES string of the molecule is N[C@@H](Cc1ccccc1C(=O)c1ccncc1)C(=O)O. The number of carboxylic acid groups (broad SMARTS) is 1. The summed E-state index contributed by atoms with van der Waals surface area (Å²) in [6.45, 7) is 0. The standard InChI is InChI=1S/C15H14N2O3/c16-13(15(19)20)9-11-3-1-2-4-12(11)14(18)10-5-7-17-8-6-10/h1-8,13H,9,16H2,(H,19,20)/t13-/m0/s1. The highest BCUT2D eigenvalue weighted by molar-refractivity contribution is 6.09. The second-order valence-electron chi connectivity index (χ2n) is 4.37. The number of hydrogen-bond donors (Lipinski definition) is 2. The van der Waals surface area contributed by atoms with Crippen LogP contribution in [0.3, 0.4) is 0 Å². The van der Waals surface area contributed by atoms with E-state index in [1.807, 2.05) is 0 Å². The molecule has 0 aliphatic rings. The molecule has 0 spiro atoms. The number of carbonyl (C=O) groups excluding carboxylic acids is 1. The molecule has 1 aromatic heterocycles. The summed E-state index contributed by atoms with van der Waals surface area (Å²) >= 11 is 0. The van der Waals surface area contributed by atoms with Crippen molar-refractivity contribution in [2.75, 3.05) is 0 Å². The van der Waals surface area contributed by atoms with Gasteiger partial charge in [0.05, 0.1) is 0 Å². The normalized spacial score (nSPS) is 11.8. The molecule has 2 rings (SSSR count). The first-order valence-corrected chi connectivity index (χ1v) is 6.10. The molecule has 2 aromatic rings. The number of hydrogen-bond acceptors (Lipinski definition) is 4. The molecule has 3 N–H and O–H groups in total. The summed E-state index contributed by atoms with van der Waals surface area (Å²) < 4.78 is 0. The molecule has 0 amide bonds. The first kappa shape index (κ1) is 13.9. The van der Waals surface area contributed by atoms with Crippen molar-refractivity contribution in [3.63, 3.8) is 0 Å². The van der Waals surface area contributed by atoms with Crippen molar-refractivity contribution in [3.8, 4) is 0 Å². The Morgan fingerprint density at radius 3 is 2.45 bits per heavy atom. The van der Waals surface area contributed by atoms with Crippen LogP contribution in [0.25, 0.3) is 0 Å². The largest absolute Gasteiger partial charge is 0.480 e. The van der Waals surface area contributed by atoms with E-state index >= 15 is 0 Å². The van der Waals surface area contributed by atoms with Gasteiger partial charge in [0.15, 0.2) is 5.78 Å². The second kappa shape index (κ2) is 6.08. The Morgan fingerprint density at radius 1 is 1.15 bits per heavy atom. The fourth-order valence-corrected chi connectivity index (χ4v) is 1.90. The Hall–Kier alpha value is -2.53. The van der Waals surface area contributed by atoms with E-state index in [-0.39, 0.29) is 12.2 Å². The maximum Gasteiger partial charge on any atom is 0.320 e. The third-order valence-corrected chi connectivity index (χ3v) is 2.96. The van der Waals surface area contributed by atoms with E-state index in [0.29, 0.717) is 16.7 Å². The monoisotopic (exact) mass is 270 g/mol. The van der Waals surface area contributed by atoms with Gasteiger partial charge in [-0.25, -0.2) is 0 Å². The van der Waals surface area contributed by atoms with Crippen molar-refractivity contribution >= 4 is 11.8 Å². The Kier molecular flexibility index (Phi) is 4.22. The van der Waals surface area contributed by atoms with Gasteiger partial charge in [0.25, 0.3) is 0 Å². The van der Waals surface area contributed by atoms with Gasteiger partial charge < -0.3 is 10.8 Å². The van der Waals surface area contributed by atoms with E-state index in [4.69, 9.17) is 10.8 Å². The van der Waals surface area contributed by atoms with Crippen molar-refractivity contribution in [2.24, 2.45) is 5.73 Å². The molecule has 0 saturated carbocycles. The minimum Gasteiger partial charge on any atom is -0.480 e. The molecule has 1 aromatic carbocycles. The van der Waals surface area contributed by atoms with Gasteiger partial charge in [0, 0.05) is 23.5 Å². The highest BCUT2D eigenvalue weighted by Gasteiger charge is 2.18. The van der Waals surface area contributed by atoms with Gasteiger partial charge in [-0.3, -0.25) is 14.6 Å². The van der Waals surface area contributed by atoms with Crippen LogP contribution in [0.1, 0.15) is 21.5 Å². The smallest absolute Gasteiger partial charge is 0.320 e. The fourth-order valence-electron chi connectivity index (χ4n) is 1.90. The number of carboxylic acids is 1. The van der Waals surface area contributed by atoms with Gasteiger partial charge in [-0.1, -0.05) is 24.3 Å². The number of aliphatic carboxylic acids is 1. The van der Waals surface area contributed by atoms with Crippen molar-refractivity contribution in [1.82, 2.24) is 4.98 Å². The molecular formula is C15H14N2O3. The van der Waals surface area contributed by atoms with Crippen molar-refractivity contribution in [2.45, 2.75) is 12.5 Å². The van der Waals surface area contributed by atoms with E-state index in [9.17, 15) is 9.59 Å². The van der Waals surface area contributed by atoms with Crippen LogP contribution in [0.5, 0.6) is 0 Å².